The van der Waals surface area contributed by atoms with Crippen LogP contribution in [0.3, 0.4) is 0 Å². The highest BCUT2D eigenvalue weighted by Gasteiger charge is 2.41. The minimum Gasteiger partial charge on any atom is -0.375 e. The first kappa shape index (κ1) is 15.3. The van der Waals surface area contributed by atoms with E-state index < -0.39 is 0 Å². The molecule has 1 aromatic carbocycles. The average molecular weight is 306 g/mol. The smallest absolute Gasteiger partial charge is 0.0685 e. The molecule has 1 spiro atoms. The molecule has 1 aromatic rings. The summed E-state index contributed by atoms with van der Waals surface area (Å²) >= 11 is 1.89. The van der Waals surface area contributed by atoms with Gasteiger partial charge in [0.25, 0.3) is 0 Å². The van der Waals surface area contributed by atoms with Gasteiger partial charge in [-0.2, -0.15) is 0 Å². The molecular weight excluding hydrogens is 280 g/mol. The summed E-state index contributed by atoms with van der Waals surface area (Å²) in [6.07, 6.45) is 7.45. The molecule has 3 N–H and O–H groups in total. The maximum absolute atomic E-state index is 6.14. The molecule has 2 aliphatic rings. The van der Waals surface area contributed by atoms with Gasteiger partial charge >= 0.3 is 0 Å². The third kappa shape index (κ3) is 3.81. The van der Waals surface area contributed by atoms with Crippen molar-refractivity contribution >= 4 is 11.8 Å². The summed E-state index contributed by atoms with van der Waals surface area (Å²) in [5.74, 6) is 7.52. The zero-order valence-electron chi connectivity index (χ0n) is 12.6. The Balaban J connectivity index is 1.57. The van der Waals surface area contributed by atoms with Gasteiger partial charge in [0.2, 0.25) is 0 Å². The van der Waals surface area contributed by atoms with Crippen LogP contribution in [-0.2, 0) is 4.74 Å². The average Bonchev–Trinajstić information content (AvgIpc) is 2.97. The number of benzene rings is 1. The first-order valence-corrected chi connectivity index (χ1v) is 9.08. The topological polar surface area (TPSA) is 47.3 Å². The molecule has 1 aliphatic heterocycles. The molecule has 1 saturated heterocycles. The second-order valence-electron chi connectivity index (χ2n) is 6.39. The van der Waals surface area contributed by atoms with Gasteiger partial charge in [0.1, 0.15) is 0 Å². The molecule has 3 rings (SSSR count). The van der Waals surface area contributed by atoms with Gasteiger partial charge in [0.15, 0.2) is 0 Å². The van der Waals surface area contributed by atoms with Gasteiger partial charge in [-0.05, 0) is 43.7 Å². The van der Waals surface area contributed by atoms with E-state index in [1.165, 1.54) is 37.0 Å². The van der Waals surface area contributed by atoms with Gasteiger partial charge < -0.3 is 4.74 Å². The van der Waals surface area contributed by atoms with Gasteiger partial charge in [-0.25, -0.2) is 0 Å². The van der Waals surface area contributed by atoms with Crippen LogP contribution in [0.25, 0.3) is 0 Å². The summed E-state index contributed by atoms with van der Waals surface area (Å²) in [6, 6.07) is 11.0. The SMILES string of the molecule is NNC(CSc1ccccc1)C1CCOC2(CCCC2)C1. The van der Waals surface area contributed by atoms with Crippen molar-refractivity contribution in [3.8, 4) is 0 Å². The predicted molar refractivity (Wildman–Crippen MR) is 88.2 cm³/mol. The molecule has 2 atom stereocenters. The zero-order valence-corrected chi connectivity index (χ0v) is 13.4. The second kappa shape index (κ2) is 7.14. The number of nitrogens with one attached hydrogen (secondary N) is 1. The van der Waals surface area contributed by atoms with Crippen LogP contribution >= 0.6 is 11.8 Å². The van der Waals surface area contributed by atoms with Gasteiger partial charge in [0.05, 0.1) is 5.60 Å². The first-order valence-electron chi connectivity index (χ1n) is 8.09. The number of hydrogen-bond acceptors (Lipinski definition) is 4. The number of hydrogen-bond donors (Lipinski definition) is 2. The van der Waals surface area contributed by atoms with Crippen LogP contribution in [0.15, 0.2) is 35.2 Å². The highest BCUT2D eigenvalue weighted by molar-refractivity contribution is 7.99. The second-order valence-corrected chi connectivity index (χ2v) is 7.48. The third-order valence-corrected chi connectivity index (χ3v) is 6.13. The molecule has 0 amide bonds. The van der Waals surface area contributed by atoms with E-state index >= 15 is 0 Å². The summed E-state index contributed by atoms with van der Waals surface area (Å²) in [4.78, 5) is 1.32. The highest BCUT2D eigenvalue weighted by atomic mass is 32.2. The monoisotopic (exact) mass is 306 g/mol. The first-order chi connectivity index (χ1) is 10.3. The van der Waals surface area contributed by atoms with Crippen molar-refractivity contribution in [3.63, 3.8) is 0 Å². The van der Waals surface area contributed by atoms with Crippen molar-refractivity contribution in [2.75, 3.05) is 12.4 Å². The summed E-state index contributed by atoms with van der Waals surface area (Å²) < 4.78 is 6.14. The molecular formula is C17H26N2OS. The van der Waals surface area contributed by atoms with Crippen molar-refractivity contribution < 1.29 is 4.74 Å². The van der Waals surface area contributed by atoms with Gasteiger partial charge in [-0.3, -0.25) is 11.3 Å². The van der Waals surface area contributed by atoms with Gasteiger partial charge in [-0.15, -0.1) is 11.8 Å². The van der Waals surface area contributed by atoms with Gasteiger partial charge in [-0.1, -0.05) is 31.0 Å². The maximum Gasteiger partial charge on any atom is 0.0685 e. The molecule has 1 aliphatic carbocycles. The molecule has 2 unspecified atom stereocenters. The van der Waals surface area contributed by atoms with Crippen LogP contribution in [0, 0.1) is 5.92 Å². The van der Waals surface area contributed by atoms with Crippen molar-refractivity contribution in [3.05, 3.63) is 30.3 Å². The molecule has 4 heteroatoms. The number of hydrazine groups is 1. The molecule has 0 aromatic heterocycles. The fourth-order valence-electron chi connectivity index (χ4n) is 3.80. The van der Waals surface area contributed by atoms with E-state index in [0.29, 0.717) is 12.0 Å². The largest absolute Gasteiger partial charge is 0.375 e. The van der Waals surface area contributed by atoms with Crippen LogP contribution in [0.1, 0.15) is 38.5 Å². The van der Waals surface area contributed by atoms with Crippen LogP contribution in [0.4, 0.5) is 0 Å². The lowest BCUT2D eigenvalue weighted by atomic mass is 9.81. The standard InChI is InChI=1S/C17H26N2OS/c18-19-16(13-21-15-6-2-1-3-7-15)14-8-11-20-17(12-14)9-4-5-10-17/h1-3,6-7,14,16,19H,4-5,8-13,18H2. The number of rotatable bonds is 5. The molecule has 2 fully saturated rings. The van der Waals surface area contributed by atoms with Crippen molar-refractivity contribution in [1.29, 1.82) is 0 Å². The predicted octanol–water partition coefficient (Wildman–Crippen LogP) is 3.35. The van der Waals surface area contributed by atoms with Gasteiger partial charge in [0, 0.05) is 23.3 Å². The number of thioether (sulfide) groups is 1. The van der Waals surface area contributed by atoms with E-state index in [1.807, 2.05) is 11.8 Å². The van der Waals surface area contributed by atoms with Crippen molar-refractivity contribution in [2.24, 2.45) is 11.8 Å². The Labute approximate surface area is 132 Å². The summed E-state index contributed by atoms with van der Waals surface area (Å²) in [5, 5.41) is 0. The Morgan fingerprint density at radius 3 is 2.76 bits per heavy atom. The Morgan fingerprint density at radius 2 is 2.05 bits per heavy atom. The normalized spacial score (nSPS) is 26.0. The van der Waals surface area contributed by atoms with E-state index in [-0.39, 0.29) is 5.60 Å². The minimum absolute atomic E-state index is 0.176. The van der Waals surface area contributed by atoms with Crippen molar-refractivity contribution in [2.45, 2.75) is 55.1 Å². The molecule has 1 saturated carbocycles. The van der Waals surface area contributed by atoms with E-state index in [2.05, 4.69) is 35.8 Å². The van der Waals surface area contributed by atoms with Crippen LogP contribution in [0.2, 0.25) is 0 Å². The minimum atomic E-state index is 0.176. The molecule has 116 valence electrons. The lowest BCUT2D eigenvalue weighted by molar-refractivity contribution is -0.0967. The Kier molecular flexibility index (Phi) is 5.22. The zero-order chi connectivity index (χ0) is 14.5. The number of nitrogens with two attached hydrogens (primary N) is 1. The Bertz CT molecular complexity index is 434. The quantitative estimate of drug-likeness (QED) is 0.497. The van der Waals surface area contributed by atoms with E-state index in [9.17, 15) is 0 Å². The lowest BCUT2D eigenvalue weighted by Gasteiger charge is -2.41. The highest BCUT2D eigenvalue weighted by Crippen LogP contribution is 2.43. The summed E-state index contributed by atoms with van der Waals surface area (Å²) in [7, 11) is 0. The van der Waals surface area contributed by atoms with E-state index in [1.54, 1.807) is 0 Å². The summed E-state index contributed by atoms with van der Waals surface area (Å²) in [5.41, 5.74) is 3.25. The molecule has 1 heterocycles. The summed E-state index contributed by atoms with van der Waals surface area (Å²) in [6.45, 7) is 0.902. The maximum atomic E-state index is 6.14. The Hall–Kier alpha value is -0.550. The third-order valence-electron chi connectivity index (χ3n) is 5.00. The van der Waals surface area contributed by atoms with Crippen molar-refractivity contribution in [1.82, 2.24) is 5.43 Å². The Morgan fingerprint density at radius 1 is 1.29 bits per heavy atom. The van der Waals surface area contributed by atoms with Crippen LogP contribution in [0.5, 0.6) is 0 Å². The van der Waals surface area contributed by atoms with Crippen LogP contribution in [-0.4, -0.2) is 24.0 Å². The van der Waals surface area contributed by atoms with Crippen LogP contribution < -0.4 is 11.3 Å². The molecule has 0 radical (unpaired) electrons. The molecule has 3 nitrogen and oxygen atoms in total. The lowest BCUT2D eigenvalue weighted by Crippen LogP contribution is -2.49. The molecule has 21 heavy (non-hydrogen) atoms. The number of ether oxygens (including phenoxy) is 1. The fourth-order valence-corrected chi connectivity index (χ4v) is 4.89. The van der Waals surface area contributed by atoms with E-state index in [0.717, 1.165) is 18.8 Å². The fraction of sp³-hybridized carbons (Fsp3) is 0.647. The molecule has 0 bridgehead atoms. The van der Waals surface area contributed by atoms with E-state index in [4.69, 9.17) is 10.6 Å².